The number of hydrogen-bond acceptors (Lipinski definition) is 2. The third-order valence-electron chi connectivity index (χ3n) is 3.77. The summed E-state index contributed by atoms with van der Waals surface area (Å²) in [7, 11) is 0. The van der Waals surface area contributed by atoms with Gasteiger partial charge in [-0.25, -0.2) is 0 Å². The van der Waals surface area contributed by atoms with E-state index in [0.29, 0.717) is 6.42 Å². The smallest absolute Gasteiger partial charge is 0.225 e. The van der Waals surface area contributed by atoms with Gasteiger partial charge in [0.2, 0.25) is 5.91 Å². The summed E-state index contributed by atoms with van der Waals surface area (Å²) in [6, 6.07) is 18.2. The molecule has 0 radical (unpaired) electrons. The maximum Gasteiger partial charge on any atom is 0.225 e. The van der Waals surface area contributed by atoms with Gasteiger partial charge in [0.05, 0.1) is 0 Å². The van der Waals surface area contributed by atoms with Crippen molar-refractivity contribution in [2.45, 2.75) is 26.8 Å². The van der Waals surface area contributed by atoms with Gasteiger partial charge in [-0.2, -0.15) is 0 Å². The lowest BCUT2D eigenvalue weighted by Crippen LogP contribution is -2.27. The van der Waals surface area contributed by atoms with Crippen molar-refractivity contribution in [2.24, 2.45) is 0 Å². The highest BCUT2D eigenvalue weighted by Gasteiger charge is 2.08. The Morgan fingerprint density at radius 2 is 1.73 bits per heavy atom. The second-order valence-corrected chi connectivity index (χ2v) is 5.47. The SMILES string of the molecule is CCN(CCC(=O)Nc1ccccc1C)Cc1ccccc1. The Labute approximate surface area is 133 Å². The summed E-state index contributed by atoms with van der Waals surface area (Å²) in [6.07, 6.45) is 0.509. The van der Waals surface area contributed by atoms with Crippen molar-refractivity contribution in [3.8, 4) is 0 Å². The number of nitrogens with one attached hydrogen (secondary N) is 1. The summed E-state index contributed by atoms with van der Waals surface area (Å²) >= 11 is 0. The van der Waals surface area contributed by atoms with Crippen LogP contribution in [0, 0.1) is 6.92 Å². The normalized spacial score (nSPS) is 10.7. The number of hydrogen-bond donors (Lipinski definition) is 1. The van der Waals surface area contributed by atoms with Crippen LogP contribution in [0.2, 0.25) is 0 Å². The van der Waals surface area contributed by atoms with E-state index in [-0.39, 0.29) is 5.91 Å². The van der Waals surface area contributed by atoms with E-state index >= 15 is 0 Å². The molecule has 3 heteroatoms. The molecule has 0 aliphatic heterocycles. The Morgan fingerprint density at radius 1 is 1.05 bits per heavy atom. The predicted octanol–water partition coefficient (Wildman–Crippen LogP) is 3.85. The molecular formula is C19H24N2O. The first-order chi connectivity index (χ1) is 10.7. The van der Waals surface area contributed by atoms with Crippen molar-refractivity contribution < 1.29 is 4.79 Å². The zero-order chi connectivity index (χ0) is 15.8. The molecule has 3 nitrogen and oxygen atoms in total. The maximum atomic E-state index is 12.1. The first-order valence-electron chi connectivity index (χ1n) is 7.81. The van der Waals surface area contributed by atoms with Gasteiger partial charge < -0.3 is 5.32 Å². The third-order valence-corrected chi connectivity index (χ3v) is 3.77. The Kier molecular flexibility index (Phi) is 6.16. The molecule has 0 heterocycles. The molecule has 2 aromatic rings. The Balaban J connectivity index is 1.83. The molecule has 1 amide bonds. The van der Waals surface area contributed by atoms with Crippen LogP contribution in [0.15, 0.2) is 54.6 Å². The van der Waals surface area contributed by atoms with E-state index in [1.54, 1.807) is 0 Å². The van der Waals surface area contributed by atoms with Gasteiger partial charge in [-0.15, -0.1) is 0 Å². The summed E-state index contributed by atoms with van der Waals surface area (Å²) in [5, 5.41) is 2.99. The zero-order valence-electron chi connectivity index (χ0n) is 13.4. The van der Waals surface area contributed by atoms with E-state index in [1.165, 1.54) is 5.56 Å². The van der Waals surface area contributed by atoms with Crippen LogP contribution >= 0.6 is 0 Å². The Hall–Kier alpha value is -2.13. The number of rotatable bonds is 7. The number of anilines is 1. The van der Waals surface area contributed by atoms with E-state index in [4.69, 9.17) is 0 Å². The number of para-hydroxylation sites is 1. The Bertz CT molecular complexity index is 595. The fourth-order valence-electron chi connectivity index (χ4n) is 2.38. The molecule has 0 fully saturated rings. The molecule has 0 saturated carbocycles. The monoisotopic (exact) mass is 296 g/mol. The minimum absolute atomic E-state index is 0.0702. The number of benzene rings is 2. The van der Waals surface area contributed by atoms with E-state index in [0.717, 1.165) is 30.9 Å². The van der Waals surface area contributed by atoms with Gasteiger partial charge in [0.25, 0.3) is 0 Å². The van der Waals surface area contributed by atoms with E-state index in [9.17, 15) is 4.79 Å². The van der Waals surface area contributed by atoms with Crippen LogP contribution in [0.4, 0.5) is 5.69 Å². The van der Waals surface area contributed by atoms with Crippen molar-refractivity contribution in [2.75, 3.05) is 18.4 Å². The minimum Gasteiger partial charge on any atom is -0.326 e. The molecule has 0 aromatic heterocycles. The highest BCUT2D eigenvalue weighted by atomic mass is 16.1. The van der Waals surface area contributed by atoms with Crippen LogP contribution < -0.4 is 5.32 Å². The summed E-state index contributed by atoms with van der Waals surface area (Å²) in [6.45, 7) is 6.72. The fourth-order valence-corrected chi connectivity index (χ4v) is 2.38. The van der Waals surface area contributed by atoms with Crippen LogP contribution in [0.3, 0.4) is 0 Å². The fraction of sp³-hybridized carbons (Fsp3) is 0.316. The molecule has 1 N–H and O–H groups in total. The van der Waals surface area contributed by atoms with Crippen LogP contribution in [0.25, 0.3) is 0 Å². The van der Waals surface area contributed by atoms with Gasteiger partial charge in [0.1, 0.15) is 0 Å². The predicted molar refractivity (Wildman–Crippen MR) is 91.8 cm³/mol. The van der Waals surface area contributed by atoms with Crippen LogP contribution in [0.5, 0.6) is 0 Å². The number of nitrogens with zero attached hydrogens (tertiary/aromatic N) is 1. The first-order valence-corrected chi connectivity index (χ1v) is 7.81. The first kappa shape index (κ1) is 16.2. The second-order valence-electron chi connectivity index (χ2n) is 5.47. The highest BCUT2D eigenvalue weighted by molar-refractivity contribution is 5.91. The lowest BCUT2D eigenvalue weighted by molar-refractivity contribution is -0.116. The number of aryl methyl sites for hydroxylation is 1. The zero-order valence-corrected chi connectivity index (χ0v) is 13.4. The molecule has 0 saturated heterocycles. The molecule has 0 aliphatic carbocycles. The Morgan fingerprint density at radius 3 is 2.41 bits per heavy atom. The van der Waals surface area contributed by atoms with Gasteiger partial charge in [-0.05, 0) is 30.7 Å². The van der Waals surface area contributed by atoms with Gasteiger partial charge in [-0.1, -0.05) is 55.5 Å². The molecular weight excluding hydrogens is 272 g/mol. The largest absolute Gasteiger partial charge is 0.326 e. The molecule has 0 unspecified atom stereocenters. The number of carbonyl (C=O) groups excluding carboxylic acids is 1. The number of amides is 1. The van der Waals surface area contributed by atoms with Crippen LogP contribution in [-0.4, -0.2) is 23.9 Å². The van der Waals surface area contributed by atoms with Gasteiger partial charge in [0, 0.05) is 25.2 Å². The molecule has 22 heavy (non-hydrogen) atoms. The lowest BCUT2D eigenvalue weighted by atomic mass is 10.2. The van der Waals surface area contributed by atoms with E-state index < -0.39 is 0 Å². The maximum absolute atomic E-state index is 12.1. The molecule has 0 atom stereocenters. The second kappa shape index (κ2) is 8.35. The van der Waals surface area contributed by atoms with Crippen LogP contribution in [0.1, 0.15) is 24.5 Å². The highest BCUT2D eigenvalue weighted by Crippen LogP contribution is 2.13. The molecule has 0 aliphatic rings. The van der Waals surface area contributed by atoms with Crippen molar-refractivity contribution >= 4 is 11.6 Å². The molecule has 2 aromatic carbocycles. The number of carbonyl (C=O) groups is 1. The van der Waals surface area contributed by atoms with Crippen molar-refractivity contribution in [1.29, 1.82) is 0 Å². The minimum atomic E-state index is 0.0702. The average Bonchev–Trinajstić information content (AvgIpc) is 2.54. The van der Waals surface area contributed by atoms with E-state index in [2.05, 4.69) is 29.3 Å². The van der Waals surface area contributed by atoms with Crippen molar-refractivity contribution in [1.82, 2.24) is 4.90 Å². The molecule has 0 bridgehead atoms. The molecule has 116 valence electrons. The quantitative estimate of drug-likeness (QED) is 0.842. The van der Waals surface area contributed by atoms with E-state index in [1.807, 2.05) is 49.4 Å². The third kappa shape index (κ3) is 5.01. The topological polar surface area (TPSA) is 32.3 Å². The standard InChI is InChI=1S/C19H24N2O/c1-3-21(15-17-10-5-4-6-11-17)14-13-19(22)20-18-12-8-7-9-16(18)2/h4-12H,3,13-15H2,1-2H3,(H,20,22). The molecule has 0 spiro atoms. The van der Waals surface area contributed by atoms with Crippen molar-refractivity contribution in [3.63, 3.8) is 0 Å². The summed E-state index contributed by atoms with van der Waals surface area (Å²) in [5.41, 5.74) is 3.27. The summed E-state index contributed by atoms with van der Waals surface area (Å²) < 4.78 is 0. The lowest BCUT2D eigenvalue weighted by Gasteiger charge is -2.20. The van der Waals surface area contributed by atoms with Crippen molar-refractivity contribution in [3.05, 3.63) is 65.7 Å². The van der Waals surface area contributed by atoms with Gasteiger partial charge >= 0.3 is 0 Å². The summed E-state index contributed by atoms with van der Waals surface area (Å²) in [5.74, 6) is 0.0702. The van der Waals surface area contributed by atoms with Gasteiger partial charge in [-0.3, -0.25) is 9.69 Å². The summed E-state index contributed by atoms with van der Waals surface area (Å²) in [4.78, 5) is 14.4. The molecule has 2 rings (SSSR count). The average molecular weight is 296 g/mol. The van der Waals surface area contributed by atoms with Crippen LogP contribution in [-0.2, 0) is 11.3 Å². The van der Waals surface area contributed by atoms with Gasteiger partial charge in [0.15, 0.2) is 0 Å².